The minimum Gasteiger partial charge on any atom is -0.374 e. The van der Waals surface area contributed by atoms with Gasteiger partial charge in [-0.15, -0.1) is 21.5 Å². The average molecular weight is 378 g/mol. The zero-order chi connectivity index (χ0) is 16.9. The van der Waals surface area contributed by atoms with E-state index in [9.17, 15) is 4.79 Å². The number of thiazole rings is 1. The Balaban J connectivity index is 1.50. The van der Waals surface area contributed by atoms with Crippen LogP contribution in [0.3, 0.4) is 0 Å². The number of nitrogen functional groups attached to an aromatic ring is 1. The third-order valence-electron chi connectivity index (χ3n) is 3.07. The van der Waals surface area contributed by atoms with Crippen molar-refractivity contribution in [1.82, 2.24) is 15.2 Å². The van der Waals surface area contributed by atoms with E-state index in [-0.39, 0.29) is 5.91 Å². The monoisotopic (exact) mass is 377 g/mol. The van der Waals surface area contributed by atoms with E-state index in [1.165, 1.54) is 40.0 Å². The molecule has 0 saturated carbocycles. The van der Waals surface area contributed by atoms with E-state index in [0.717, 1.165) is 15.6 Å². The summed E-state index contributed by atoms with van der Waals surface area (Å²) in [5.41, 5.74) is 8.63. The summed E-state index contributed by atoms with van der Waals surface area (Å²) in [6.07, 6.45) is 0.379. The van der Waals surface area contributed by atoms with Crippen molar-refractivity contribution in [2.45, 2.75) is 17.7 Å². The van der Waals surface area contributed by atoms with Gasteiger partial charge in [-0.25, -0.2) is 4.98 Å². The number of carbonyl (C=O) groups is 1. The van der Waals surface area contributed by atoms with Gasteiger partial charge in [0.05, 0.1) is 5.69 Å². The molecule has 3 rings (SSSR count). The number of aryl methyl sites for hydroxylation is 1. The quantitative estimate of drug-likeness (QED) is 0.637. The molecule has 0 bridgehead atoms. The first-order valence-electron chi connectivity index (χ1n) is 7.14. The number of benzene rings is 1. The zero-order valence-electron chi connectivity index (χ0n) is 12.9. The van der Waals surface area contributed by atoms with Gasteiger partial charge in [-0.05, 0) is 6.92 Å². The van der Waals surface area contributed by atoms with Gasteiger partial charge in [0.15, 0.2) is 9.47 Å². The molecule has 0 aliphatic rings. The van der Waals surface area contributed by atoms with Crippen molar-refractivity contribution in [2.75, 3.05) is 16.8 Å². The summed E-state index contributed by atoms with van der Waals surface area (Å²) in [5.74, 6) is 0.557. The van der Waals surface area contributed by atoms with Crippen LogP contribution < -0.4 is 11.1 Å². The third-order valence-corrected chi connectivity index (χ3v) is 5.72. The van der Waals surface area contributed by atoms with Crippen LogP contribution in [0.25, 0.3) is 11.3 Å². The molecule has 2 heterocycles. The van der Waals surface area contributed by atoms with E-state index in [0.29, 0.717) is 22.4 Å². The first kappa shape index (κ1) is 16.9. The molecule has 124 valence electrons. The molecule has 3 aromatic rings. The number of amides is 1. The number of anilines is 2. The van der Waals surface area contributed by atoms with Crippen LogP contribution >= 0.6 is 34.4 Å². The molecule has 6 nitrogen and oxygen atoms in total. The van der Waals surface area contributed by atoms with Crippen LogP contribution in [-0.2, 0) is 4.79 Å². The topological polar surface area (TPSA) is 93.8 Å². The maximum atomic E-state index is 12.0. The lowest BCUT2D eigenvalue weighted by Crippen LogP contribution is -2.11. The Bertz CT molecular complexity index is 828. The zero-order valence-corrected chi connectivity index (χ0v) is 15.3. The van der Waals surface area contributed by atoms with Crippen LogP contribution in [0.4, 0.5) is 10.3 Å². The van der Waals surface area contributed by atoms with Crippen LogP contribution in [0.15, 0.2) is 34.0 Å². The van der Waals surface area contributed by atoms with Gasteiger partial charge in [0.2, 0.25) is 11.0 Å². The van der Waals surface area contributed by atoms with E-state index in [2.05, 4.69) is 20.5 Å². The Morgan fingerprint density at radius 1 is 1.29 bits per heavy atom. The molecule has 2 aromatic heterocycles. The van der Waals surface area contributed by atoms with Crippen LogP contribution in [-0.4, -0.2) is 26.8 Å². The molecule has 0 aliphatic heterocycles. The fraction of sp³-hybridized carbons (Fsp3) is 0.200. The standard InChI is InChI=1S/C15H15N5OS3/c1-9-2-4-10(5-3-9)11-8-23-14(17-11)18-12(21)6-7-22-15-20-19-13(16)24-15/h2-5,8H,6-7H2,1H3,(H2,16,19)(H,17,18,21). The molecule has 0 unspecified atom stereocenters. The SMILES string of the molecule is Cc1ccc(-c2csc(NC(=O)CCSc3nnc(N)s3)n2)cc1. The van der Waals surface area contributed by atoms with Gasteiger partial charge in [-0.1, -0.05) is 52.9 Å². The molecular weight excluding hydrogens is 362 g/mol. The molecule has 0 atom stereocenters. The molecule has 9 heteroatoms. The Morgan fingerprint density at radius 3 is 2.79 bits per heavy atom. The van der Waals surface area contributed by atoms with E-state index >= 15 is 0 Å². The van der Waals surface area contributed by atoms with E-state index in [4.69, 9.17) is 5.73 Å². The maximum absolute atomic E-state index is 12.0. The lowest BCUT2D eigenvalue weighted by atomic mass is 10.1. The predicted molar refractivity (Wildman–Crippen MR) is 101 cm³/mol. The second-order valence-corrected chi connectivity index (χ2v) is 8.17. The van der Waals surface area contributed by atoms with Crippen LogP contribution in [0.2, 0.25) is 0 Å². The molecule has 0 spiro atoms. The number of hydrogen-bond donors (Lipinski definition) is 2. The highest BCUT2D eigenvalue weighted by Crippen LogP contribution is 2.26. The minimum atomic E-state index is -0.0650. The number of nitrogens with one attached hydrogen (secondary N) is 1. The number of carbonyl (C=O) groups excluding carboxylic acids is 1. The third kappa shape index (κ3) is 4.53. The molecule has 1 aromatic carbocycles. The summed E-state index contributed by atoms with van der Waals surface area (Å²) in [7, 11) is 0. The number of thioether (sulfide) groups is 1. The van der Waals surface area contributed by atoms with Gasteiger partial charge in [-0.3, -0.25) is 4.79 Å². The van der Waals surface area contributed by atoms with E-state index in [1.54, 1.807) is 0 Å². The van der Waals surface area contributed by atoms with Crippen LogP contribution in [0, 0.1) is 6.92 Å². The summed E-state index contributed by atoms with van der Waals surface area (Å²) in [6, 6.07) is 8.15. The molecule has 1 amide bonds. The highest BCUT2D eigenvalue weighted by molar-refractivity contribution is 8.01. The van der Waals surface area contributed by atoms with Crippen molar-refractivity contribution < 1.29 is 4.79 Å². The van der Waals surface area contributed by atoms with Gasteiger partial charge in [0.1, 0.15) is 0 Å². The number of nitrogens with zero attached hydrogens (tertiary/aromatic N) is 3. The number of nitrogens with two attached hydrogens (primary N) is 1. The lowest BCUT2D eigenvalue weighted by molar-refractivity contribution is -0.115. The second-order valence-electron chi connectivity index (χ2n) is 4.96. The minimum absolute atomic E-state index is 0.0650. The van der Waals surface area contributed by atoms with Crippen molar-refractivity contribution >= 4 is 50.6 Å². The lowest BCUT2D eigenvalue weighted by Gasteiger charge is -2.00. The molecule has 0 saturated heterocycles. The second kappa shape index (κ2) is 7.73. The van der Waals surface area contributed by atoms with Gasteiger partial charge in [0.25, 0.3) is 0 Å². The van der Waals surface area contributed by atoms with Crippen molar-refractivity contribution in [2.24, 2.45) is 0 Å². The van der Waals surface area contributed by atoms with Crippen molar-refractivity contribution in [1.29, 1.82) is 0 Å². The summed E-state index contributed by atoms with van der Waals surface area (Å²) in [5, 5.41) is 13.5. The van der Waals surface area contributed by atoms with E-state index < -0.39 is 0 Å². The summed E-state index contributed by atoms with van der Waals surface area (Å²) < 4.78 is 0.774. The summed E-state index contributed by atoms with van der Waals surface area (Å²) >= 11 is 4.22. The highest BCUT2D eigenvalue weighted by atomic mass is 32.2. The normalized spacial score (nSPS) is 10.7. The Morgan fingerprint density at radius 2 is 2.08 bits per heavy atom. The first-order valence-corrected chi connectivity index (χ1v) is 9.82. The van der Waals surface area contributed by atoms with Crippen molar-refractivity contribution in [3.05, 3.63) is 35.2 Å². The smallest absolute Gasteiger partial charge is 0.226 e. The molecule has 0 fully saturated rings. The molecular formula is C15H15N5OS3. The van der Waals surface area contributed by atoms with E-state index in [1.807, 2.05) is 36.6 Å². The maximum Gasteiger partial charge on any atom is 0.226 e. The largest absolute Gasteiger partial charge is 0.374 e. The number of rotatable bonds is 6. The molecule has 0 radical (unpaired) electrons. The van der Waals surface area contributed by atoms with Gasteiger partial charge in [0, 0.05) is 23.1 Å². The molecule has 24 heavy (non-hydrogen) atoms. The number of hydrogen-bond acceptors (Lipinski definition) is 8. The predicted octanol–water partition coefficient (Wildman–Crippen LogP) is 3.67. The Kier molecular flexibility index (Phi) is 5.44. The van der Waals surface area contributed by atoms with Gasteiger partial charge >= 0.3 is 0 Å². The average Bonchev–Trinajstić information content (AvgIpc) is 3.17. The van der Waals surface area contributed by atoms with Gasteiger partial charge < -0.3 is 11.1 Å². The fourth-order valence-corrected chi connectivity index (χ4v) is 4.26. The highest BCUT2D eigenvalue weighted by Gasteiger charge is 2.09. The molecule has 3 N–H and O–H groups in total. The van der Waals surface area contributed by atoms with Crippen LogP contribution in [0.1, 0.15) is 12.0 Å². The Labute approximate surface area is 151 Å². The fourth-order valence-electron chi connectivity index (χ4n) is 1.88. The van der Waals surface area contributed by atoms with Gasteiger partial charge in [-0.2, -0.15) is 0 Å². The summed E-state index contributed by atoms with van der Waals surface area (Å²) in [6.45, 7) is 2.05. The first-order chi connectivity index (χ1) is 11.6. The number of aromatic nitrogens is 3. The molecule has 0 aliphatic carbocycles. The Hall–Kier alpha value is -1.97. The summed E-state index contributed by atoms with van der Waals surface area (Å²) in [4.78, 5) is 16.4. The van der Waals surface area contributed by atoms with Crippen molar-refractivity contribution in [3.63, 3.8) is 0 Å². The van der Waals surface area contributed by atoms with Crippen LogP contribution in [0.5, 0.6) is 0 Å². The van der Waals surface area contributed by atoms with Crippen molar-refractivity contribution in [3.8, 4) is 11.3 Å².